The highest BCUT2D eigenvalue weighted by Crippen LogP contribution is 2.28. The Morgan fingerprint density at radius 1 is 1.25 bits per heavy atom. The summed E-state index contributed by atoms with van der Waals surface area (Å²) in [6.45, 7) is 0.416. The Morgan fingerprint density at radius 2 is 1.92 bits per heavy atom. The molecular weight excluding hydrogens is 354 g/mol. The van der Waals surface area contributed by atoms with Crippen LogP contribution in [0.4, 0.5) is 5.69 Å². The molecule has 4 N–H and O–H groups in total. The summed E-state index contributed by atoms with van der Waals surface area (Å²) in [6.07, 6.45) is 0. The topological polar surface area (TPSA) is 111 Å². The molecule has 0 saturated heterocycles. The summed E-state index contributed by atoms with van der Waals surface area (Å²) in [5.41, 5.74) is 3.51. The highest BCUT2D eigenvalue weighted by Gasteiger charge is 2.20. The van der Waals surface area contributed by atoms with E-state index in [9.17, 15) is 13.2 Å². The van der Waals surface area contributed by atoms with Crippen LogP contribution in [-0.4, -0.2) is 21.4 Å². The number of halogens is 1. The lowest BCUT2D eigenvalue weighted by Gasteiger charge is -2.14. The van der Waals surface area contributed by atoms with Gasteiger partial charge in [-0.15, -0.1) is 0 Å². The van der Waals surface area contributed by atoms with Gasteiger partial charge in [0.05, 0.1) is 17.7 Å². The average molecular weight is 370 g/mol. The van der Waals surface area contributed by atoms with Crippen LogP contribution in [-0.2, 0) is 21.4 Å². The molecule has 0 atom stereocenters. The van der Waals surface area contributed by atoms with Crippen molar-refractivity contribution in [3.05, 3.63) is 58.6 Å². The minimum Gasteiger partial charge on any atom is -0.380 e. The van der Waals surface area contributed by atoms with Gasteiger partial charge in [-0.2, -0.15) is 0 Å². The zero-order valence-corrected chi connectivity index (χ0v) is 14.3. The van der Waals surface area contributed by atoms with Crippen LogP contribution in [0.15, 0.2) is 47.4 Å². The largest absolute Gasteiger partial charge is 0.380 e. The minimum absolute atomic E-state index is 0.0428. The zero-order chi connectivity index (χ0) is 17.7. The molecule has 7 nitrogen and oxygen atoms in total. The van der Waals surface area contributed by atoms with Gasteiger partial charge < -0.3 is 5.32 Å². The van der Waals surface area contributed by atoms with Gasteiger partial charge in [0.2, 0.25) is 10.0 Å². The van der Waals surface area contributed by atoms with Crippen LogP contribution in [0.25, 0.3) is 0 Å². The molecule has 2 aromatic carbocycles. The van der Waals surface area contributed by atoms with Gasteiger partial charge in [-0.05, 0) is 17.7 Å². The van der Waals surface area contributed by atoms with Crippen LogP contribution in [0.3, 0.4) is 0 Å². The third-order valence-electron chi connectivity index (χ3n) is 3.14. The Labute approximate surface area is 144 Å². The number of hydroxylamine groups is 1. The number of anilines is 1. The summed E-state index contributed by atoms with van der Waals surface area (Å²) in [4.78, 5) is 16.4. The second kappa shape index (κ2) is 7.63. The predicted molar refractivity (Wildman–Crippen MR) is 91.1 cm³/mol. The number of nitrogens with one attached hydrogen (secondary N) is 2. The number of hydrogen-bond acceptors (Lipinski definition) is 5. The Bertz CT molecular complexity index is 841. The summed E-state index contributed by atoms with van der Waals surface area (Å²) in [5, 5.41) is 8.09. The van der Waals surface area contributed by atoms with Crippen LogP contribution in [0.1, 0.15) is 15.9 Å². The van der Waals surface area contributed by atoms with Crippen LogP contribution in [0, 0.1) is 0 Å². The van der Waals surface area contributed by atoms with E-state index in [2.05, 4.69) is 15.6 Å². The maximum atomic E-state index is 12.1. The first-order chi connectivity index (χ1) is 11.3. The summed E-state index contributed by atoms with van der Waals surface area (Å²) in [5.74, 6) is -0.630. The van der Waals surface area contributed by atoms with E-state index in [0.29, 0.717) is 12.2 Å². The normalized spacial score (nSPS) is 11.1. The Hall–Kier alpha value is -2.13. The van der Waals surface area contributed by atoms with E-state index in [1.807, 2.05) is 30.3 Å². The summed E-state index contributed by atoms with van der Waals surface area (Å²) >= 11 is 5.99. The first kappa shape index (κ1) is 18.2. The Balaban J connectivity index is 2.41. The maximum Gasteiger partial charge on any atom is 0.276 e. The third kappa shape index (κ3) is 4.45. The van der Waals surface area contributed by atoms with Crippen molar-refractivity contribution >= 4 is 33.2 Å². The van der Waals surface area contributed by atoms with Crippen molar-refractivity contribution in [2.24, 2.45) is 5.14 Å². The van der Waals surface area contributed by atoms with Crippen molar-refractivity contribution in [1.82, 2.24) is 5.48 Å². The highest BCUT2D eigenvalue weighted by molar-refractivity contribution is 7.89. The van der Waals surface area contributed by atoms with Crippen LogP contribution >= 0.6 is 11.6 Å². The predicted octanol–water partition coefficient (Wildman–Crippen LogP) is 1.89. The highest BCUT2D eigenvalue weighted by atomic mass is 35.5. The molecule has 9 heteroatoms. The van der Waals surface area contributed by atoms with Gasteiger partial charge in [-0.25, -0.2) is 19.0 Å². The smallest absolute Gasteiger partial charge is 0.276 e. The van der Waals surface area contributed by atoms with Gasteiger partial charge in [0, 0.05) is 12.2 Å². The molecule has 128 valence electrons. The standard InChI is InChI=1S/C15H16ClN3O4S/c1-23-19-15(20)11-7-14(24(17,21)22)12(16)8-13(11)18-9-10-5-3-2-4-6-10/h2-8,18H,9H2,1H3,(H,19,20)(H2,17,21,22). The number of primary sulfonamides is 1. The monoisotopic (exact) mass is 369 g/mol. The van der Waals surface area contributed by atoms with Crippen molar-refractivity contribution in [1.29, 1.82) is 0 Å². The number of amides is 1. The maximum absolute atomic E-state index is 12.1. The van der Waals surface area contributed by atoms with Crippen molar-refractivity contribution in [3.8, 4) is 0 Å². The molecule has 0 saturated carbocycles. The lowest BCUT2D eigenvalue weighted by atomic mass is 10.1. The SMILES string of the molecule is CONC(=O)c1cc(S(N)(=O)=O)c(Cl)cc1NCc1ccccc1. The van der Waals surface area contributed by atoms with Crippen molar-refractivity contribution in [3.63, 3.8) is 0 Å². The second-order valence-corrected chi connectivity index (χ2v) is 6.78. The molecular formula is C15H16ClN3O4S. The molecule has 0 aliphatic heterocycles. The van der Waals surface area contributed by atoms with E-state index in [4.69, 9.17) is 16.7 Å². The Kier molecular flexibility index (Phi) is 5.79. The van der Waals surface area contributed by atoms with Crippen LogP contribution in [0.5, 0.6) is 0 Å². The van der Waals surface area contributed by atoms with Crippen molar-refractivity contribution in [2.45, 2.75) is 11.4 Å². The molecule has 1 amide bonds. The number of hydrogen-bond donors (Lipinski definition) is 3. The summed E-state index contributed by atoms with van der Waals surface area (Å²) in [7, 11) is -2.80. The van der Waals surface area contributed by atoms with E-state index in [1.165, 1.54) is 13.2 Å². The molecule has 0 aromatic heterocycles. The number of sulfonamides is 1. The molecule has 2 rings (SSSR count). The fraction of sp³-hybridized carbons (Fsp3) is 0.133. The van der Waals surface area contributed by atoms with E-state index >= 15 is 0 Å². The van der Waals surface area contributed by atoms with Gasteiger partial charge in [-0.3, -0.25) is 9.63 Å². The second-order valence-electron chi connectivity index (χ2n) is 4.85. The number of carbonyl (C=O) groups excluding carboxylic acids is 1. The fourth-order valence-corrected chi connectivity index (χ4v) is 3.15. The molecule has 2 aromatic rings. The number of carbonyl (C=O) groups is 1. The molecule has 0 fully saturated rings. The Morgan fingerprint density at radius 3 is 2.50 bits per heavy atom. The van der Waals surface area contributed by atoms with Crippen molar-refractivity contribution in [2.75, 3.05) is 12.4 Å². The van der Waals surface area contributed by atoms with Gasteiger partial charge in [0.15, 0.2) is 0 Å². The van der Waals surface area contributed by atoms with E-state index < -0.39 is 15.9 Å². The molecule has 0 unspecified atom stereocenters. The van der Waals surface area contributed by atoms with Gasteiger partial charge in [0.25, 0.3) is 5.91 Å². The molecule has 24 heavy (non-hydrogen) atoms. The number of benzene rings is 2. The molecule has 0 radical (unpaired) electrons. The van der Waals surface area contributed by atoms with E-state index in [1.54, 1.807) is 0 Å². The zero-order valence-electron chi connectivity index (χ0n) is 12.7. The molecule has 0 spiro atoms. The fourth-order valence-electron chi connectivity index (χ4n) is 2.05. The number of rotatable bonds is 6. The lowest BCUT2D eigenvalue weighted by molar-refractivity contribution is 0.0538. The van der Waals surface area contributed by atoms with Crippen LogP contribution < -0.4 is 15.9 Å². The molecule has 0 aliphatic rings. The lowest BCUT2D eigenvalue weighted by Crippen LogP contribution is -2.24. The molecule has 0 heterocycles. The first-order valence-corrected chi connectivity index (χ1v) is 8.73. The molecule has 0 aliphatic carbocycles. The third-order valence-corrected chi connectivity index (χ3v) is 4.52. The first-order valence-electron chi connectivity index (χ1n) is 6.80. The average Bonchev–Trinajstić information content (AvgIpc) is 2.53. The van der Waals surface area contributed by atoms with Gasteiger partial charge >= 0.3 is 0 Å². The van der Waals surface area contributed by atoms with E-state index in [-0.39, 0.29) is 15.5 Å². The van der Waals surface area contributed by atoms with Crippen LogP contribution in [0.2, 0.25) is 5.02 Å². The van der Waals surface area contributed by atoms with Gasteiger partial charge in [-0.1, -0.05) is 41.9 Å². The van der Waals surface area contributed by atoms with E-state index in [0.717, 1.165) is 11.6 Å². The summed E-state index contributed by atoms with van der Waals surface area (Å²) < 4.78 is 23.2. The van der Waals surface area contributed by atoms with Gasteiger partial charge in [0.1, 0.15) is 4.90 Å². The summed E-state index contributed by atoms with van der Waals surface area (Å²) in [6, 6.07) is 11.9. The minimum atomic E-state index is -4.07. The molecule has 0 bridgehead atoms. The quantitative estimate of drug-likeness (QED) is 0.673. The number of nitrogens with two attached hydrogens (primary N) is 1. The van der Waals surface area contributed by atoms with Crippen molar-refractivity contribution < 1.29 is 18.0 Å².